The zero-order chi connectivity index (χ0) is 15.2. The maximum absolute atomic E-state index is 12.8. The summed E-state index contributed by atoms with van der Waals surface area (Å²) < 4.78 is 12.8. The number of benzene rings is 2. The zero-order valence-electron chi connectivity index (χ0n) is 11.5. The number of carbonyl (C=O) groups is 1. The van der Waals surface area contributed by atoms with Crippen molar-refractivity contribution in [1.82, 2.24) is 0 Å². The lowest BCUT2D eigenvalue weighted by Crippen LogP contribution is -2.13. The molecule has 106 valence electrons. The summed E-state index contributed by atoms with van der Waals surface area (Å²) in [5.41, 5.74) is 2.47. The van der Waals surface area contributed by atoms with E-state index >= 15 is 0 Å². The minimum Gasteiger partial charge on any atom is -0.384 e. The summed E-state index contributed by atoms with van der Waals surface area (Å²) in [5.74, 6) is 4.66. The molecule has 2 aromatic carbocycles. The van der Waals surface area contributed by atoms with Crippen LogP contribution in [0.25, 0.3) is 0 Å². The lowest BCUT2D eigenvalue weighted by atomic mass is 10.0. The van der Waals surface area contributed by atoms with Gasteiger partial charge in [0.15, 0.2) is 0 Å². The fourth-order valence-corrected chi connectivity index (χ4v) is 1.82. The zero-order valence-corrected chi connectivity index (χ0v) is 11.5. The Labute approximate surface area is 122 Å². The molecule has 0 radical (unpaired) electrons. The van der Waals surface area contributed by atoms with Crippen molar-refractivity contribution in [3.63, 3.8) is 0 Å². The molecule has 2 N–H and O–H groups in total. The summed E-state index contributed by atoms with van der Waals surface area (Å²) in [6, 6.07) is 10.8. The van der Waals surface area contributed by atoms with Crippen molar-refractivity contribution in [1.29, 1.82) is 0 Å². The predicted molar refractivity (Wildman–Crippen MR) is 79.5 cm³/mol. The molecule has 0 bridgehead atoms. The van der Waals surface area contributed by atoms with Gasteiger partial charge in [-0.25, -0.2) is 4.39 Å². The number of hydrogen-bond donors (Lipinski definition) is 2. The Balaban J connectivity index is 2.23. The standard InChI is InChI=1S/C17H14FNO2/c1-12-4-5-13(3-2-10-20)11-16(12)17(21)19-15-8-6-14(18)7-9-15/h4-9,11,20H,10H2,1H3,(H,19,21). The first-order chi connectivity index (χ1) is 10.1. The number of carbonyl (C=O) groups excluding carboxylic acids is 1. The second-order valence-electron chi connectivity index (χ2n) is 4.45. The molecule has 0 spiro atoms. The highest BCUT2D eigenvalue weighted by Gasteiger charge is 2.10. The van der Waals surface area contributed by atoms with E-state index in [-0.39, 0.29) is 18.3 Å². The molecule has 2 rings (SSSR count). The fraction of sp³-hybridized carbons (Fsp3) is 0.118. The van der Waals surface area contributed by atoms with Gasteiger partial charge < -0.3 is 10.4 Å². The molecule has 0 aliphatic carbocycles. The summed E-state index contributed by atoms with van der Waals surface area (Å²) in [6.07, 6.45) is 0. The lowest BCUT2D eigenvalue weighted by molar-refractivity contribution is 0.102. The maximum Gasteiger partial charge on any atom is 0.255 e. The summed E-state index contributed by atoms with van der Waals surface area (Å²) >= 11 is 0. The molecule has 0 fully saturated rings. The smallest absolute Gasteiger partial charge is 0.255 e. The van der Waals surface area contributed by atoms with E-state index in [1.807, 2.05) is 6.92 Å². The minimum atomic E-state index is -0.356. The number of anilines is 1. The van der Waals surface area contributed by atoms with Crippen LogP contribution in [0.5, 0.6) is 0 Å². The van der Waals surface area contributed by atoms with Crippen molar-refractivity contribution in [3.8, 4) is 11.8 Å². The van der Waals surface area contributed by atoms with Crippen LogP contribution >= 0.6 is 0 Å². The predicted octanol–water partition coefficient (Wildman–Crippen LogP) is 2.73. The number of rotatable bonds is 2. The van der Waals surface area contributed by atoms with Crippen LogP contribution in [0.2, 0.25) is 0 Å². The van der Waals surface area contributed by atoms with E-state index in [4.69, 9.17) is 5.11 Å². The number of aliphatic hydroxyl groups is 1. The highest BCUT2D eigenvalue weighted by atomic mass is 19.1. The molecule has 4 heteroatoms. The van der Waals surface area contributed by atoms with Gasteiger partial charge in [-0.15, -0.1) is 0 Å². The summed E-state index contributed by atoms with van der Waals surface area (Å²) in [7, 11) is 0. The van der Waals surface area contributed by atoms with E-state index in [0.717, 1.165) is 5.56 Å². The first-order valence-electron chi connectivity index (χ1n) is 6.37. The first-order valence-corrected chi connectivity index (χ1v) is 6.37. The molecule has 0 atom stereocenters. The molecule has 0 saturated heterocycles. The highest BCUT2D eigenvalue weighted by Crippen LogP contribution is 2.14. The van der Waals surface area contributed by atoms with Crippen LogP contribution in [0.3, 0.4) is 0 Å². The van der Waals surface area contributed by atoms with Crippen molar-refractivity contribution < 1.29 is 14.3 Å². The molecule has 0 saturated carbocycles. The average Bonchev–Trinajstić information content (AvgIpc) is 2.48. The van der Waals surface area contributed by atoms with E-state index < -0.39 is 0 Å². The van der Waals surface area contributed by atoms with E-state index in [9.17, 15) is 9.18 Å². The molecular weight excluding hydrogens is 269 g/mol. The molecule has 0 aliphatic heterocycles. The van der Waals surface area contributed by atoms with Gasteiger partial charge in [0, 0.05) is 16.8 Å². The molecule has 0 aliphatic rings. The quantitative estimate of drug-likeness (QED) is 0.833. The number of aryl methyl sites for hydroxylation is 1. The van der Waals surface area contributed by atoms with Gasteiger partial charge >= 0.3 is 0 Å². The first kappa shape index (κ1) is 14.8. The van der Waals surface area contributed by atoms with Crippen LogP contribution < -0.4 is 5.32 Å². The van der Waals surface area contributed by atoms with E-state index in [0.29, 0.717) is 16.8 Å². The van der Waals surface area contributed by atoms with E-state index in [1.165, 1.54) is 24.3 Å². The van der Waals surface area contributed by atoms with Gasteiger partial charge in [0.2, 0.25) is 0 Å². The lowest BCUT2D eigenvalue weighted by Gasteiger charge is -2.08. The summed E-state index contributed by atoms with van der Waals surface area (Å²) in [6.45, 7) is 1.59. The number of nitrogens with one attached hydrogen (secondary N) is 1. The normalized spacial score (nSPS) is 9.67. The van der Waals surface area contributed by atoms with Crippen LogP contribution in [-0.2, 0) is 0 Å². The van der Waals surface area contributed by atoms with Crippen molar-refractivity contribution >= 4 is 11.6 Å². The van der Waals surface area contributed by atoms with Crippen molar-refractivity contribution in [2.24, 2.45) is 0 Å². The highest BCUT2D eigenvalue weighted by molar-refractivity contribution is 6.05. The van der Waals surface area contributed by atoms with Crippen LogP contribution in [-0.4, -0.2) is 17.6 Å². The molecule has 0 aromatic heterocycles. The molecule has 0 heterocycles. The van der Waals surface area contributed by atoms with Gasteiger partial charge in [0.25, 0.3) is 5.91 Å². The topological polar surface area (TPSA) is 49.3 Å². The van der Waals surface area contributed by atoms with Crippen LogP contribution in [0.15, 0.2) is 42.5 Å². The number of aliphatic hydroxyl groups excluding tert-OH is 1. The van der Waals surface area contributed by atoms with E-state index in [1.54, 1.807) is 18.2 Å². The van der Waals surface area contributed by atoms with Crippen LogP contribution in [0.1, 0.15) is 21.5 Å². The van der Waals surface area contributed by atoms with Gasteiger partial charge in [-0.05, 0) is 48.9 Å². The minimum absolute atomic E-state index is 0.231. The van der Waals surface area contributed by atoms with Gasteiger partial charge in [-0.2, -0.15) is 0 Å². The Morgan fingerprint density at radius 3 is 2.62 bits per heavy atom. The Kier molecular flexibility index (Phi) is 4.70. The monoisotopic (exact) mass is 283 g/mol. The third-order valence-corrected chi connectivity index (χ3v) is 2.90. The largest absolute Gasteiger partial charge is 0.384 e. The fourth-order valence-electron chi connectivity index (χ4n) is 1.82. The van der Waals surface area contributed by atoms with Crippen LogP contribution in [0, 0.1) is 24.6 Å². The number of halogens is 1. The SMILES string of the molecule is Cc1ccc(C#CCO)cc1C(=O)Nc1ccc(F)cc1. The van der Waals surface area contributed by atoms with Crippen molar-refractivity contribution in [2.75, 3.05) is 11.9 Å². The van der Waals surface area contributed by atoms with Gasteiger partial charge in [0.1, 0.15) is 12.4 Å². The molecule has 3 nitrogen and oxygen atoms in total. The van der Waals surface area contributed by atoms with Crippen LogP contribution in [0.4, 0.5) is 10.1 Å². The molecule has 2 aromatic rings. The maximum atomic E-state index is 12.8. The second-order valence-corrected chi connectivity index (χ2v) is 4.45. The Morgan fingerprint density at radius 2 is 1.95 bits per heavy atom. The van der Waals surface area contributed by atoms with Gasteiger partial charge in [-0.1, -0.05) is 17.9 Å². The van der Waals surface area contributed by atoms with Crippen molar-refractivity contribution in [2.45, 2.75) is 6.92 Å². The molecule has 21 heavy (non-hydrogen) atoms. The second kappa shape index (κ2) is 6.69. The number of hydrogen-bond acceptors (Lipinski definition) is 2. The molecular formula is C17H14FNO2. The third kappa shape index (κ3) is 3.91. The Hall–Kier alpha value is -2.64. The Morgan fingerprint density at radius 1 is 1.24 bits per heavy atom. The Bertz CT molecular complexity index is 712. The molecule has 0 unspecified atom stereocenters. The third-order valence-electron chi connectivity index (χ3n) is 2.90. The van der Waals surface area contributed by atoms with E-state index in [2.05, 4.69) is 17.2 Å². The summed E-state index contributed by atoms with van der Waals surface area (Å²) in [5, 5.41) is 11.4. The van der Waals surface area contributed by atoms with Crippen molar-refractivity contribution in [3.05, 3.63) is 65.0 Å². The molecule has 1 amide bonds. The van der Waals surface area contributed by atoms with Gasteiger partial charge in [0.05, 0.1) is 0 Å². The summed E-state index contributed by atoms with van der Waals surface area (Å²) in [4.78, 5) is 12.2. The average molecular weight is 283 g/mol. The number of amides is 1. The van der Waals surface area contributed by atoms with Gasteiger partial charge in [-0.3, -0.25) is 4.79 Å².